The molecule has 0 fully saturated rings. The molecule has 6 nitrogen and oxygen atoms in total. The van der Waals surface area contributed by atoms with Gasteiger partial charge in [0.15, 0.2) is 0 Å². The summed E-state index contributed by atoms with van der Waals surface area (Å²) in [5.41, 5.74) is 1.73. The lowest BCUT2D eigenvalue weighted by molar-refractivity contribution is 0.264. The molecule has 7 heteroatoms. The Labute approximate surface area is 106 Å². The van der Waals surface area contributed by atoms with Crippen LogP contribution in [-0.4, -0.2) is 48.2 Å². The van der Waals surface area contributed by atoms with Crippen LogP contribution in [0.15, 0.2) is 10.9 Å². The van der Waals surface area contributed by atoms with Gasteiger partial charge in [-0.05, 0) is 5.56 Å². The van der Waals surface area contributed by atoms with Crippen LogP contribution in [0.3, 0.4) is 0 Å². The van der Waals surface area contributed by atoms with Gasteiger partial charge in [0.2, 0.25) is 0 Å². The molecule has 0 aliphatic carbocycles. The topological polar surface area (TPSA) is 72.3 Å². The number of sulfone groups is 1. The Morgan fingerprint density at radius 1 is 1.44 bits per heavy atom. The van der Waals surface area contributed by atoms with E-state index in [9.17, 15) is 13.2 Å². The number of aryl methyl sites for hydroxylation is 1. The number of rotatable bonds is 3. The van der Waals surface area contributed by atoms with E-state index in [1.54, 1.807) is 13.1 Å². The summed E-state index contributed by atoms with van der Waals surface area (Å²) < 4.78 is 23.6. The van der Waals surface area contributed by atoms with Crippen LogP contribution < -0.4 is 5.56 Å². The maximum Gasteiger partial charge on any atom is 0.266 e. The van der Waals surface area contributed by atoms with Crippen LogP contribution in [0.1, 0.15) is 11.3 Å². The van der Waals surface area contributed by atoms with Crippen molar-refractivity contribution in [2.24, 2.45) is 7.05 Å². The fraction of sp³-hybridized carbons (Fsp3) is 0.636. The highest BCUT2D eigenvalue weighted by Crippen LogP contribution is 2.14. The Balaban J connectivity index is 2.10. The quantitative estimate of drug-likeness (QED) is 0.718. The van der Waals surface area contributed by atoms with Crippen molar-refractivity contribution in [2.75, 3.05) is 25.1 Å². The normalized spacial score (nSPS) is 16.6. The third-order valence-electron chi connectivity index (χ3n) is 3.10. The van der Waals surface area contributed by atoms with Gasteiger partial charge in [0.25, 0.3) is 5.56 Å². The average molecular weight is 271 g/mol. The lowest BCUT2D eigenvalue weighted by atomic mass is 10.1. The molecular weight excluding hydrogens is 254 g/mol. The molecule has 1 aromatic rings. The van der Waals surface area contributed by atoms with Gasteiger partial charge in [0.1, 0.15) is 9.84 Å². The largest absolute Gasteiger partial charge is 0.298 e. The van der Waals surface area contributed by atoms with Crippen LogP contribution in [0.4, 0.5) is 0 Å². The molecule has 0 saturated carbocycles. The molecule has 0 N–H and O–H groups in total. The zero-order valence-corrected chi connectivity index (χ0v) is 11.4. The summed E-state index contributed by atoms with van der Waals surface area (Å²) in [6.07, 6.45) is 2.00. The van der Waals surface area contributed by atoms with E-state index in [0.29, 0.717) is 13.1 Å². The van der Waals surface area contributed by atoms with Crippen molar-refractivity contribution < 1.29 is 8.42 Å². The van der Waals surface area contributed by atoms with Crippen molar-refractivity contribution >= 4 is 9.84 Å². The Morgan fingerprint density at radius 3 is 2.83 bits per heavy atom. The van der Waals surface area contributed by atoms with E-state index < -0.39 is 9.84 Å². The summed E-state index contributed by atoms with van der Waals surface area (Å²) in [4.78, 5) is 13.5. The third kappa shape index (κ3) is 3.17. The first kappa shape index (κ1) is 13.2. The van der Waals surface area contributed by atoms with Crippen LogP contribution in [-0.2, 0) is 29.9 Å². The molecule has 0 saturated heterocycles. The molecule has 100 valence electrons. The standard InChI is InChI=1S/C11H17N3O3S/c1-13-11(15)7-9-8-14(4-3-10(9)12-13)5-6-18(2,16)17/h7H,3-6,8H2,1-2H3. The first-order chi connectivity index (χ1) is 8.35. The fourth-order valence-electron chi connectivity index (χ4n) is 2.04. The second-order valence-electron chi connectivity index (χ2n) is 4.73. The number of nitrogens with zero attached hydrogens (tertiary/aromatic N) is 3. The highest BCUT2D eigenvalue weighted by molar-refractivity contribution is 7.90. The van der Waals surface area contributed by atoms with Crippen molar-refractivity contribution in [3.8, 4) is 0 Å². The lowest BCUT2D eigenvalue weighted by Gasteiger charge is -2.27. The Hall–Kier alpha value is -1.21. The highest BCUT2D eigenvalue weighted by atomic mass is 32.2. The summed E-state index contributed by atoms with van der Waals surface area (Å²) in [5.74, 6) is 0.153. The zero-order valence-electron chi connectivity index (χ0n) is 10.6. The number of aromatic nitrogens is 2. The van der Waals surface area contributed by atoms with Crippen molar-refractivity contribution in [3.05, 3.63) is 27.7 Å². The summed E-state index contributed by atoms with van der Waals surface area (Å²) in [5, 5.41) is 4.22. The van der Waals surface area contributed by atoms with Crippen molar-refractivity contribution in [3.63, 3.8) is 0 Å². The van der Waals surface area contributed by atoms with E-state index >= 15 is 0 Å². The van der Waals surface area contributed by atoms with E-state index in [1.165, 1.54) is 10.9 Å². The second kappa shape index (κ2) is 4.81. The maximum absolute atomic E-state index is 11.5. The molecule has 0 amide bonds. The zero-order chi connectivity index (χ0) is 13.3. The highest BCUT2D eigenvalue weighted by Gasteiger charge is 2.19. The Morgan fingerprint density at radius 2 is 2.17 bits per heavy atom. The minimum atomic E-state index is -2.94. The van der Waals surface area contributed by atoms with Crippen molar-refractivity contribution in [2.45, 2.75) is 13.0 Å². The second-order valence-corrected chi connectivity index (χ2v) is 6.99. The molecule has 0 unspecified atom stereocenters. The number of hydrogen-bond acceptors (Lipinski definition) is 5. The van der Waals surface area contributed by atoms with Crippen LogP contribution >= 0.6 is 0 Å². The monoisotopic (exact) mass is 271 g/mol. The molecule has 2 rings (SSSR count). The summed E-state index contributed by atoms with van der Waals surface area (Å²) in [7, 11) is -1.30. The molecule has 0 spiro atoms. The predicted octanol–water partition coefficient (Wildman–Crippen LogP) is -0.817. The minimum Gasteiger partial charge on any atom is -0.298 e. The van der Waals surface area contributed by atoms with Crippen LogP contribution in [0.2, 0.25) is 0 Å². The molecule has 1 aromatic heterocycles. The van der Waals surface area contributed by atoms with Crippen LogP contribution in [0.25, 0.3) is 0 Å². The predicted molar refractivity (Wildman–Crippen MR) is 68.2 cm³/mol. The van der Waals surface area contributed by atoms with Crippen LogP contribution in [0, 0.1) is 0 Å². The van der Waals surface area contributed by atoms with Gasteiger partial charge < -0.3 is 0 Å². The van der Waals surface area contributed by atoms with Crippen LogP contribution in [0.5, 0.6) is 0 Å². The van der Waals surface area contributed by atoms with Gasteiger partial charge in [-0.25, -0.2) is 13.1 Å². The third-order valence-corrected chi connectivity index (χ3v) is 4.02. The average Bonchev–Trinajstić information content (AvgIpc) is 2.27. The van der Waals surface area contributed by atoms with Crippen molar-refractivity contribution in [1.82, 2.24) is 14.7 Å². The molecule has 0 radical (unpaired) electrons. The van der Waals surface area contributed by atoms with E-state index in [-0.39, 0.29) is 11.3 Å². The molecule has 0 atom stereocenters. The SMILES string of the molecule is Cn1nc2c(cc1=O)CN(CCS(C)(=O)=O)CC2. The fourth-order valence-corrected chi connectivity index (χ4v) is 2.63. The molecule has 2 heterocycles. The van der Waals surface area contributed by atoms with Gasteiger partial charge in [-0.15, -0.1) is 0 Å². The molecular formula is C11H17N3O3S. The molecule has 18 heavy (non-hydrogen) atoms. The van der Waals surface area contributed by atoms with E-state index in [1.807, 2.05) is 4.90 Å². The first-order valence-corrected chi connectivity index (χ1v) is 7.87. The van der Waals surface area contributed by atoms with E-state index in [4.69, 9.17) is 0 Å². The Bertz CT molecular complexity index is 606. The number of hydrogen-bond donors (Lipinski definition) is 0. The van der Waals surface area contributed by atoms with Crippen molar-refractivity contribution in [1.29, 1.82) is 0 Å². The van der Waals surface area contributed by atoms with Gasteiger partial charge in [0.05, 0.1) is 11.4 Å². The summed E-state index contributed by atoms with van der Waals surface area (Å²) in [6, 6.07) is 1.59. The lowest BCUT2D eigenvalue weighted by Crippen LogP contribution is -2.36. The molecule has 1 aliphatic heterocycles. The minimum absolute atomic E-state index is 0.126. The summed E-state index contributed by atoms with van der Waals surface area (Å²) >= 11 is 0. The first-order valence-electron chi connectivity index (χ1n) is 5.81. The smallest absolute Gasteiger partial charge is 0.266 e. The van der Waals surface area contributed by atoms with Gasteiger partial charge >= 0.3 is 0 Å². The molecule has 0 aromatic carbocycles. The Kier molecular flexibility index (Phi) is 3.54. The molecule has 0 bridgehead atoms. The van der Waals surface area contributed by atoms with E-state index in [0.717, 1.165) is 24.2 Å². The van der Waals surface area contributed by atoms with Gasteiger partial charge in [-0.1, -0.05) is 0 Å². The van der Waals surface area contributed by atoms with Gasteiger partial charge in [-0.2, -0.15) is 5.10 Å². The molecule has 1 aliphatic rings. The number of fused-ring (bicyclic) bond motifs is 1. The van der Waals surface area contributed by atoms with Gasteiger partial charge in [0, 0.05) is 45.4 Å². The van der Waals surface area contributed by atoms with Gasteiger partial charge in [-0.3, -0.25) is 9.69 Å². The van der Waals surface area contributed by atoms with E-state index in [2.05, 4.69) is 5.10 Å². The summed E-state index contributed by atoms with van der Waals surface area (Å²) in [6.45, 7) is 1.90. The maximum atomic E-state index is 11.5.